The number of rotatable bonds is 1. The number of halogens is 2. The normalized spacial score (nSPS) is 22.6. The molecule has 0 radical (unpaired) electrons. The maximum atomic E-state index is 13.1. The van der Waals surface area contributed by atoms with Gasteiger partial charge in [-0.25, -0.2) is 4.39 Å². The van der Waals surface area contributed by atoms with Gasteiger partial charge < -0.3 is 4.90 Å². The molecule has 1 aromatic rings. The number of hydrogen-bond donors (Lipinski definition) is 0. The summed E-state index contributed by atoms with van der Waals surface area (Å²) in [6, 6.07) is 5.12. The van der Waals surface area contributed by atoms with E-state index in [0.29, 0.717) is 5.41 Å². The van der Waals surface area contributed by atoms with Crippen molar-refractivity contribution < 1.29 is 4.39 Å². The summed E-state index contributed by atoms with van der Waals surface area (Å²) < 4.78 is 14.1. The third-order valence-electron chi connectivity index (χ3n) is 4.22. The molecule has 0 amide bonds. The van der Waals surface area contributed by atoms with Crippen LogP contribution in [0.15, 0.2) is 18.2 Å². The first kappa shape index (κ1) is 11.8. The van der Waals surface area contributed by atoms with Gasteiger partial charge in [-0.15, -0.1) is 0 Å². The molecule has 1 aliphatic carbocycles. The molecule has 1 heterocycles. The Hall–Kier alpha value is -0.320. The van der Waals surface area contributed by atoms with Crippen LogP contribution >= 0.6 is 22.6 Å². The van der Waals surface area contributed by atoms with Crippen LogP contribution in [0, 0.1) is 14.8 Å². The first-order valence-electron chi connectivity index (χ1n) is 6.39. The Morgan fingerprint density at radius 3 is 2.47 bits per heavy atom. The van der Waals surface area contributed by atoms with E-state index in [2.05, 4.69) is 27.5 Å². The Labute approximate surface area is 116 Å². The molecule has 3 heteroatoms. The van der Waals surface area contributed by atoms with Crippen LogP contribution in [0.1, 0.15) is 32.1 Å². The molecule has 1 nitrogen and oxygen atoms in total. The van der Waals surface area contributed by atoms with E-state index >= 15 is 0 Å². The van der Waals surface area contributed by atoms with Crippen LogP contribution in [-0.2, 0) is 0 Å². The average molecular weight is 345 g/mol. The zero-order valence-corrected chi connectivity index (χ0v) is 12.0. The highest BCUT2D eigenvalue weighted by Gasteiger charge is 2.43. The van der Waals surface area contributed by atoms with Crippen molar-refractivity contribution in [1.29, 1.82) is 0 Å². The maximum Gasteiger partial charge on any atom is 0.124 e. The van der Waals surface area contributed by atoms with E-state index < -0.39 is 0 Å². The average Bonchev–Trinajstić information content (AvgIpc) is 2.27. The highest BCUT2D eigenvalue weighted by molar-refractivity contribution is 14.1. The zero-order chi connectivity index (χ0) is 11.9. The summed E-state index contributed by atoms with van der Waals surface area (Å²) in [5, 5.41) is 0. The second-order valence-electron chi connectivity index (χ2n) is 5.51. The van der Waals surface area contributed by atoms with Crippen LogP contribution in [0.25, 0.3) is 0 Å². The van der Waals surface area contributed by atoms with Crippen molar-refractivity contribution in [2.24, 2.45) is 5.41 Å². The molecule has 0 aromatic heterocycles. The standard InChI is InChI=1S/C14H17FIN/c15-11-4-5-13(12(16)8-11)17-9-14(10-17)6-2-1-3-7-14/h4-5,8H,1-3,6-7,9-10H2. The van der Waals surface area contributed by atoms with Crippen molar-refractivity contribution >= 4 is 28.3 Å². The lowest BCUT2D eigenvalue weighted by molar-refractivity contribution is 0.139. The van der Waals surface area contributed by atoms with E-state index in [1.54, 1.807) is 12.1 Å². The molecule has 0 unspecified atom stereocenters. The van der Waals surface area contributed by atoms with E-state index in [-0.39, 0.29) is 5.82 Å². The van der Waals surface area contributed by atoms with Crippen LogP contribution in [0.4, 0.5) is 10.1 Å². The van der Waals surface area contributed by atoms with Crippen molar-refractivity contribution in [3.63, 3.8) is 0 Å². The number of hydrogen-bond acceptors (Lipinski definition) is 1. The van der Waals surface area contributed by atoms with Crippen LogP contribution in [0.3, 0.4) is 0 Å². The summed E-state index contributed by atoms with van der Waals surface area (Å²) in [6.45, 7) is 2.35. The van der Waals surface area contributed by atoms with Gasteiger partial charge in [0, 0.05) is 22.1 Å². The predicted octanol–water partition coefficient (Wildman–Crippen LogP) is 4.20. The molecule has 3 rings (SSSR count). The minimum absolute atomic E-state index is 0.133. The molecular formula is C14H17FIN. The quantitative estimate of drug-likeness (QED) is 0.690. The molecule has 0 N–H and O–H groups in total. The van der Waals surface area contributed by atoms with Crippen LogP contribution in [0.5, 0.6) is 0 Å². The summed E-state index contributed by atoms with van der Waals surface area (Å²) in [5.41, 5.74) is 1.80. The molecule has 1 aliphatic heterocycles. The van der Waals surface area contributed by atoms with Gasteiger partial charge in [-0.1, -0.05) is 19.3 Å². The molecule has 0 atom stereocenters. The SMILES string of the molecule is Fc1ccc(N2CC3(CCCCC3)C2)c(I)c1. The second kappa shape index (κ2) is 4.41. The largest absolute Gasteiger partial charge is 0.369 e. The predicted molar refractivity (Wildman–Crippen MR) is 76.8 cm³/mol. The Kier molecular flexibility index (Phi) is 3.05. The van der Waals surface area contributed by atoms with Crippen molar-refractivity contribution in [2.45, 2.75) is 32.1 Å². The van der Waals surface area contributed by atoms with Gasteiger partial charge in [0.05, 0.1) is 5.69 Å². The topological polar surface area (TPSA) is 3.24 Å². The van der Waals surface area contributed by atoms with E-state index in [9.17, 15) is 4.39 Å². The van der Waals surface area contributed by atoms with E-state index in [1.807, 2.05) is 6.07 Å². The Morgan fingerprint density at radius 1 is 1.12 bits per heavy atom. The van der Waals surface area contributed by atoms with Gasteiger partial charge in [-0.2, -0.15) is 0 Å². The molecule has 1 aromatic carbocycles. The fourth-order valence-corrected chi connectivity index (χ4v) is 4.11. The zero-order valence-electron chi connectivity index (χ0n) is 9.88. The molecule has 92 valence electrons. The summed E-state index contributed by atoms with van der Waals surface area (Å²) in [4.78, 5) is 2.41. The van der Waals surface area contributed by atoms with Crippen LogP contribution < -0.4 is 4.90 Å². The van der Waals surface area contributed by atoms with E-state index in [0.717, 1.165) is 3.57 Å². The lowest BCUT2D eigenvalue weighted by Gasteiger charge is -2.53. The van der Waals surface area contributed by atoms with Crippen molar-refractivity contribution in [1.82, 2.24) is 0 Å². The summed E-state index contributed by atoms with van der Waals surface area (Å²) in [7, 11) is 0. The lowest BCUT2D eigenvalue weighted by atomic mass is 9.68. The van der Waals surface area contributed by atoms with Gasteiger partial charge in [0.1, 0.15) is 5.82 Å². The molecular weight excluding hydrogens is 328 g/mol. The monoisotopic (exact) mass is 345 g/mol. The number of anilines is 1. The molecule has 0 bridgehead atoms. The van der Waals surface area contributed by atoms with Gasteiger partial charge in [0.15, 0.2) is 0 Å². The summed E-state index contributed by atoms with van der Waals surface area (Å²) in [6.07, 6.45) is 6.99. The van der Waals surface area contributed by atoms with Crippen molar-refractivity contribution in [2.75, 3.05) is 18.0 Å². The second-order valence-corrected chi connectivity index (χ2v) is 6.67. The van der Waals surface area contributed by atoms with Crippen LogP contribution in [0.2, 0.25) is 0 Å². The first-order chi connectivity index (χ1) is 8.19. The van der Waals surface area contributed by atoms with Crippen LogP contribution in [-0.4, -0.2) is 13.1 Å². The minimum atomic E-state index is -0.133. The van der Waals surface area contributed by atoms with E-state index in [4.69, 9.17) is 0 Å². The van der Waals surface area contributed by atoms with Crippen molar-refractivity contribution in [3.05, 3.63) is 27.6 Å². The molecule has 2 fully saturated rings. The Bertz CT molecular complexity index is 418. The molecule has 17 heavy (non-hydrogen) atoms. The Balaban J connectivity index is 1.72. The molecule has 2 aliphatic rings. The molecule has 1 spiro atoms. The highest BCUT2D eigenvalue weighted by atomic mass is 127. The van der Waals surface area contributed by atoms with Gasteiger partial charge in [-0.3, -0.25) is 0 Å². The smallest absolute Gasteiger partial charge is 0.124 e. The van der Waals surface area contributed by atoms with Gasteiger partial charge in [0.2, 0.25) is 0 Å². The maximum absolute atomic E-state index is 13.1. The van der Waals surface area contributed by atoms with Crippen molar-refractivity contribution in [3.8, 4) is 0 Å². The summed E-state index contributed by atoms with van der Waals surface area (Å²) in [5.74, 6) is -0.133. The van der Waals surface area contributed by atoms with Gasteiger partial charge in [0.25, 0.3) is 0 Å². The molecule has 1 saturated heterocycles. The fourth-order valence-electron chi connectivity index (χ4n) is 3.29. The number of benzene rings is 1. The minimum Gasteiger partial charge on any atom is -0.369 e. The number of nitrogens with zero attached hydrogens (tertiary/aromatic N) is 1. The van der Waals surface area contributed by atoms with E-state index in [1.165, 1.54) is 50.9 Å². The third kappa shape index (κ3) is 2.18. The lowest BCUT2D eigenvalue weighted by Crippen LogP contribution is -2.57. The first-order valence-corrected chi connectivity index (χ1v) is 7.47. The van der Waals surface area contributed by atoms with Gasteiger partial charge in [-0.05, 0) is 53.6 Å². The third-order valence-corrected chi connectivity index (χ3v) is 5.08. The Morgan fingerprint density at radius 2 is 1.82 bits per heavy atom. The fraction of sp³-hybridized carbons (Fsp3) is 0.571. The van der Waals surface area contributed by atoms with Gasteiger partial charge >= 0.3 is 0 Å². The molecule has 1 saturated carbocycles. The highest BCUT2D eigenvalue weighted by Crippen LogP contribution is 2.46. The summed E-state index contributed by atoms with van der Waals surface area (Å²) >= 11 is 2.24.